The molecule has 128 valence electrons. The minimum atomic E-state index is -4.10. The molecule has 1 amide bonds. The summed E-state index contributed by atoms with van der Waals surface area (Å²) in [6.07, 6.45) is -3.88. The lowest BCUT2D eigenvalue weighted by Crippen LogP contribution is -2.40. The Kier molecular flexibility index (Phi) is 5.92. The fourth-order valence-corrected chi connectivity index (χ4v) is 2.99. The quantitative estimate of drug-likeness (QED) is 0.882. The van der Waals surface area contributed by atoms with Gasteiger partial charge in [-0.3, -0.25) is 9.69 Å². The van der Waals surface area contributed by atoms with Crippen molar-refractivity contribution in [2.24, 2.45) is 5.92 Å². The number of nitrogens with zero attached hydrogens (tertiary/aromatic N) is 1. The van der Waals surface area contributed by atoms with Gasteiger partial charge in [-0.1, -0.05) is 17.7 Å². The summed E-state index contributed by atoms with van der Waals surface area (Å²) in [6, 6.07) is 5.28. The molecule has 0 radical (unpaired) electrons. The molecule has 1 aromatic rings. The van der Waals surface area contributed by atoms with Gasteiger partial charge in [-0.25, -0.2) is 0 Å². The van der Waals surface area contributed by atoms with Crippen molar-refractivity contribution in [3.05, 3.63) is 28.8 Å². The van der Waals surface area contributed by atoms with Crippen LogP contribution in [0.25, 0.3) is 0 Å². The van der Waals surface area contributed by atoms with E-state index in [4.69, 9.17) is 11.6 Å². The first-order valence-electron chi connectivity index (χ1n) is 7.58. The second kappa shape index (κ2) is 7.53. The normalized spacial score (nSPS) is 17.3. The van der Waals surface area contributed by atoms with Crippen molar-refractivity contribution >= 4 is 23.2 Å². The third kappa shape index (κ3) is 5.70. The van der Waals surface area contributed by atoms with Crippen LogP contribution in [0, 0.1) is 12.8 Å². The van der Waals surface area contributed by atoms with Crippen LogP contribution >= 0.6 is 11.6 Å². The van der Waals surface area contributed by atoms with Crippen molar-refractivity contribution in [3.8, 4) is 0 Å². The number of halogens is 4. The van der Waals surface area contributed by atoms with Gasteiger partial charge in [0.15, 0.2) is 0 Å². The Labute approximate surface area is 138 Å². The smallest absolute Gasteiger partial charge is 0.325 e. The highest BCUT2D eigenvalue weighted by atomic mass is 35.5. The number of rotatable bonds is 4. The molecule has 2 rings (SSSR count). The lowest BCUT2D eigenvalue weighted by atomic mass is 9.93. The lowest BCUT2D eigenvalue weighted by molar-refractivity contribution is -0.147. The number of benzene rings is 1. The van der Waals surface area contributed by atoms with Gasteiger partial charge in [0.05, 0.1) is 6.54 Å². The molecule has 23 heavy (non-hydrogen) atoms. The van der Waals surface area contributed by atoms with Gasteiger partial charge >= 0.3 is 6.18 Å². The molecule has 1 aliphatic rings. The van der Waals surface area contributed by atoms with Crippen LogP contribution in [0.1, 0.15) is 24.8 Å². The SMILES string of the molecule is Cc1c(Cl)cccc1NC(=O)CN1CCC(CC(F)(F)F)CC1. The Bertz CT molecular complexity index is 555. The van der Waals surface area contributed by atoms with E-state index in [1.165, 1.54) is 0 Å². The highest BCUT2D eigenvalue weighted by Gasteiger charge is 2.33. The number of hydrogen-bond donors (Lipinski definition) is 1. The minimum absolute atomic E-state index is 0.176. The van der Waals surface area contributed by atoms with Crippen molar-refractivity contribution in [2.45, 2.75) is 32.4 Å². The van der Waals surface area contributed by atoms with Crippen LogP contribution in [0.3, 0.4) is 0 Å². The average Bonchev–Trinajstić information content (AvgIpc) is 2.44. The van der Waals surface area contributed by atoms with Crippen molar-refractivity contribution in [3.63, 3.8) is 0 Å². The van der Waals surface area contributed by atoms with Crippen LogP contribution in [0.4, 0.5) is 18.9 Å². The fraction of sp³-hybridized carbons (Fsp3) is 0.562. The summed E-state index contributed by atoms with van der Waals surface area (Å²) in [6.45, 7) is 3.04. The molecule has 0 aromatic heterocycles. The number of amides is 1. The van der Waals surface area contributed by atoms with Crippen LogP contribution < -0.4 is 5.32 Å². The Hall–Kier alpha value is -1.27. The number of piperidine rings is 1. The van der Waals surface area contributed by atoms with Crippen LogP contribution in [0.15, 0.2) is 18.2 Å². The summed E-state index contributed by atoms with van der Waals surface area (Å²) >= 11 is 6.00. The van der Waals surface area contributed by atoms with E-state index < -0.39 is 12.6 Å². The summed E-state index contributed by atoms with van der Waals surface area (Å²) in [4.78, 5) is 14.0. The maximum absolute atomic E-state index is 12.4. The van der Waals surface area contributed by atoms with Gasteiger partial charge in [0.25, 0.3) is 0 Å². The maximum atomic E-state index is 12.4. The van der Waals surface area contributed by atoms with Crippen LogP contribution in [-0.2, 0) is 4.79 Å². The molecule has 1 heterocycles. The Morgan fingerprint density at radius 1 is 1.35 bits per heavy atom. The van der Waals surface area contributed by atoms with E-state index in [0.717, 1.165) is 5.56 Å². The molecule has 0 atom stereocenters. The molecular weight excluding hydrogens is 329 g/mol. The monoisotopic (exact) mass is 348 g/mol. The van der Waals surface area contributed by atoms with Gasteiger partial charge < -0.3 is 5.32 Å². The van der Waals surface area contributed by atoms with Gasteiger partial charge in [-0.05, 0) is 56.5 Å². The highest BCUT2D eigenvalue weighted by molar-refractivity contribution is 6.31. The number of nitrogens with one attached hydrogen (secondary N) is 1. The van der Waals surface area contributed by atoms with Crippen molar-refractivity contribution < 1.29 is 18.0 Å². The van der Waals surface area contributed by atoms with Gasteiger partial charge in [-0.2, -0.15) is 13.2 Å². The zero-order chi connectivity index (χ0) is 17.0. The first-order chi connectivity index (χ1) is 10.7. The van der Waals surface area contributed by atoms with E-state index in [2.05, 4.69) is 5.32 Å². The van der Waals surface area contributed by atoms with E-state index in [0.29, 0.717) is 36.6 Å². The Morgan fingerprint density at radius 2 is 2.00 bits per heavy atom. The molecule has 0 unspecified atom stereocenters. The Morgan fingerprint density at radius 3 is 2.61 bits per heavy atom. The number of alkyl halides is 3. The second-order valence-corrected chi connectivity index (χ2v) is 6.41. The first-order valence-corrected chi connectivity index (χ1v) is 7.96. The second-order valence-electron chi connectivity index (χ2n) is 6.00. The van der Waals surface area contributed by atoms with E-state index in [1.807, 2.05) is 11.8 Å². The molecule has 1 aromatic carbocycles. The predicted octanol–water partition coefficient (Wildman–Crippen LogP) is 4.25. The molecule has 1 fully saturated rings. The molecule has 0 aliphatic carbocycles. The molecule has 3 nitrogen and oxygen atoms in total. The third-order valence-corrected chi connectivity index (χ3v) is 4.55. The molecule has 0 bridgehead atoms. The summed E-state index contributed by atoms with van der Waals surface area (Å²) in [5, 5.41) is 3.38. The number of anilines is 1. The number of carbonyl (C=O) groups excluding carboxylic acids is 1. The Balaban J connectivity index is 1.80. The molecule has 1 saturated heterocycles. The fourth-order valence-electron chi connectivity index (χ4n) is 2.81. The molecule has 7 heteroatoms. The molecule has 1 N–H and O–H groups in total. The highest BCUT2D eigenvalue weighted by Crippen LogP contribution is 2.31. The van der Waals surface area contributed by atoms with Gasteiger partial charge in [0.2, 0.25) is 5.91 Å². The predicted molar refractivity (Wildman–Crippen MR) is 84.7 cm³/mol. The van der Waals surface area contributed by atoms with Gasteiger partial charge in [-0.15, -0.1) is 0 Å². The van der Waals surface area contributed by atoms with E-state index in [9.17, 15) is 18.0 Å². The third-order valence-electron chi connectivity index (χ3n) is 4.14. The summed E-state index contributed by atoms with van der Waals surface area (Å²) in [5.41, 5.74) is 1.46. The maximum Gasteiger partial charge on any atom is 0.389 e. The van der Waals surface area contributed by atoms with Crippen molar-refractivity contribution in [2.75, 3.05) is 25.0 Å². The summed E-state index contributed by atoms with van der Waals surface area (Å²) < 4.78 is 37.1. The van der Waals surface area contributed by atoms with Crippen LogP contribution in [0.5, 0.6) is 0 Å². The van der Waals surface area contributed by atoms with Crippen molar-refractivity contribution in [1.29, 1.82) is 0 Å². The number of hydrogen-bond acceptors (Lipinski definition) is 2. The first kappa shape index (κ1) is 18.1. The zero-order valence-corrected chi connectivity index (χ0v) is 13.7. The van der Waals surface area contributed by atoms with E-state index in [-0.39, 0.29) is 18.4 Å². The van der Waals surface area contributed by atoms with Crippen LogP contribution in [-0.4, -0.2) is 36.6 Å². The van der Waals surface area contributed by atoms with Gasteiger partial charge in [0, 0.05) is 17.1 Å². The standard InChI is InChI=1S/C16H20ClF3N2O/c1-11-13(17)3-2-4-14(11)21-15(23)10-22-7-5-12(6-8-22)9-16(18,19)20/h2-4,12H,5-10H2,1H3,(H,21,23). The summed E-state index contributed by atoms with van der Waals surface area (Å²) in [5.74, 6) is -0.505. The summed E-state index contributed by atoms with van der Waals surface area (Å²) in [7, 11) is 0. The molecule has 0 spiro atoms. The molecular formula is C16H20ClF3N2O. The molecule has 0 saturated carbocycles. The minimum Gasteiger partial charge on any atom is -0.325 e. The van der Waals surface area contributed by atoms with E-state index in [1.54, 1.807) is 18.2 Å². The number of likely N-dealkylation sites (tertiary alicyclic amines) is 1. The topological polar surface area (TPSA) is 32.3 Å². The van der Waals surface area contributed by atoms with Crippen molar-refractivity contribution in [1.82, 2.24) is 4.90 Å². The van der Waals surface area contributed by atoms with Gasteiger partial charge in [0.1, 0.15) is 0 Å². The lowest BCUT2D eigenvalue weighted by Gasteiger charge is -2.31. The van der Waals surface area contributed by atoms with E-state index >= 15 is 0 Å². The molecule has 1 aliphatic heterocycles. The zero-order valence-electron chi connectivity index (χ0n) is 12.9. The average molecular weight is 349 g/mol. The van der Waals surface area contributed by atoms with Crippen LogP contribution in [0.2, 0.25) is 5.02 Å². The number of carbonyl (C=O) groups is 1. The largest absolute Gasteiger partial charge is 0.389 e.